The average Bonchev–Trinajstić information content (AvgIpc) is 2.32. The molecular formula is C12H14BrN3O. The maximum absolute atomic E-state index is 11.6. The van der Waals surface area contributed by atoms with Crippen molar-refractivity contribution in [1.82, 2.24) is 5.32 Å². The molecule has 0 spiro atoms. The predicted octanol–water partition coefficient (Wildman–Crippen LogP) is 2.26. The van der Waals surface area contributed by atoms with E-state index in [9.17, 15) is 4.79 Å². The molecule has 0 fully saturated rings. The number of nitrogens with one attached hydrogen (secondary N) is 2. The number of nitriles is 1. The number of hydrogen-bond acceptors (Lipinski definition) is 3. The number of rotatable bonds is 5. The quantitative estimate of drug-likeness (QED) is 0.819. The molecule has 0 saturated heterocycles. The summed E-state index contributed by atoms with van der Waals surface area (Å²) in [6.45, 7) is 0.804. The number of carbonyl (C=O) groups excluding carboxylic acids is 1. The Balaban J connectivity index is 2.62. The first kappa shape index (κ1) is 13.7. The molecule has 0 bridgehead atoms. The summed E-state index contributed by atoms with van der Waals surface area (Å²) in [4.78, 5) is 11.6. The van der Waals surface area contributed by atoms with Gasteiger partial charge in [0.05, 0.1) is 11.3 Å². The molecule has 0 unspecified atom stereocenters. The molecule has 0 atom stereocenters. The van der Waals surface area contributed by atoms with Gasteiger partial charge in [0.15, 0.2) is 0 Å². The van der Waals surface area contributed by atoms with Crippen molar-refractivity contribution in [3.63, 3.8) is 0 Å². The van der Waals surface area contributed by atoms with Crippen LogP contribution in [0, 0.1) is 11.3 Å². The number of anilines is 1. The zero-order valence-corrected chi connectivity index (χ0v) is 11.2. The maximum Gasteiger partial charge on any atom is 0.224 e. The van der Waals surface area contributed by atoms with E-state index in [0.29, 0.717) is 17.7 Å². The Bertz CT molecular complexity index is 440. The van der Waals surface area contributed by atoms with Crippen LogP contribution < -0.4 is 10.6 Å². The molecule has 0 saturated carbocycles. The monoisotopic (exact) mass is 295 g/mol. The molecule has 1 aromatic carbocycles. The summed E-state index contributed by atoms with van der Waals surface area (Å²) in [6.07, 6.45) is 1.22. The third-order valence-electron chi connectivity index (χ3n) is 2.21. The lowest BCUT2D eigenvalue weighted by Crippen LogP contribution is -2.15. The van der Waals surface area contributed by atoms with Crippen LogP contribution in [0.5, 0.6) is 0 Å². The molecule has 5 heteroatoms. The molecule has 17 heavy (non-hydrogen) atoms. The van der Waals surface area contributed by atoms with Gasteiger partial charge in [-0.05, 0) is 38.2 Å². The minimum Gasteiger partial charge on any atom is -0.325 e. The second kappa shape index (κ2) is 7.05. The van der Waals surface area contributed by atoms with Gasteiger partial charge in [-0.25, -0.2) is 0 Å². The van der Waals surface area contributed by atoms with E-state index >= 15 is 0 Å². The SMILES string of the molecule is CNCCCC(=O)Nc1ccc(Br)cc1C#N. The van der Waals surface area contributed by atoms with Crippen LogP contribution in [0.1, 0.15) is 18.4 Å². The second-order valence-corrected chi connectivity index (χ2v) is 4.47. The highest BCUT2D eigenvalue weighted by Gasteiger charge is 2.06. The van der Waals surface area contributed by atoms with E-state index < -0.39 is 0 Å². The molecule has 1 rings (SSSR count). The standard InChI is InChI=1S/C12H14BrN3O/c1-15-6-2-3-12(17)16-11-5-4-10(13)7-9(11)8-14/h4-5,7,15H,2-3,6H2,1H3,(H,16,17). The highest BCUT2D eigenvalue weighted by Crippen LogP contribution is 2.20. The Morgan fingerprint density at radius 3 is 2.94 bits per heavy atom. The Morgan fingerprint density at radius 2 is 2.29 bits per heavy atom. The molecule has 90 valence electrons. The van der Waals surface area contributed by atoms with Gasteiger partial charge in [0.1, 0.15) is 6.07 Å². The summed E-state index contributed by atoms with van der Waals surface area (Å²) in [5.41, 5.74) is 1.02. The van der Waals surface area contributed by atoms with Crippen molar-refractivity contribution in [2.45, 2.75) is 12.8 Å². The van der Waals surface area contributed by atoms with E-state index in [1.807, 2.05) is 7.05 Å². The van der Waals surface area contributed by atoms with Gasteiger partial charge in [0, 0.05) is 10.9 Å². The van der Waals surface area contributed by atoms with Crippen molar-refractivity contribution >= 4 is 27.5 Å². The fourth-order valence-electron chi connectivity index (χ4n) is 1.36. The summed E-state index contributed by atoms with van der Waals surface area (Å²) in [6, 6.07) is 7.25. The number of benzene rings is 1. The third-order valence-corrected chi connectivity index (χ3v) is 2.70. The molecule has 0 aromatic heterocycles. The molecule has 0 aliphatic heterocycles. The molecule has 4 nitrogen and oxygen atoms in total. The van der Waals surface area contributed by atoms with E-state index in [-0.39, 0.29) is 5.91 Å². The fraction of sp³-hybridized carbons (Fsp3) is 0.333. The molecule has 0 aliphatic carbocycles. The Morgan fingerprint density at radius 1 is 1.53 bits per heavy atom. The van der Waals surface area contributed by atoms with Crippen LogP contribution in [0.3, 0.4) is 0 Å². The van der Waals surface area contributed by atoms with Crippen LogP contribution in [0.25, 0.3) is 0 Å². The summed E-state index contributed by atoms with van der Waals surface area (Å²) in [5, 5.41) is 14.7. The van der Waals surface area contributed by atoms with Gasteiger partial charge in [-0.15, -0.1) is 0 Å². The van der Waals surface area contributed by atoms with Crippen molar-refractivity contribution in [1.29, 1.82) is 5.26 Å². The van der Waals surface area contributed by atoms with Crippen LogP contribution in [0.4, 0.5) is 5.69 Å². The predicted molar refractivity (Wildman–Crippen MR) is 70.6 cm³/mol. The minimum atomic E-state index is -0.0703. The molecule has 0 aliphatic rings. The first-order valence-corrected chi connectivity index (χ1v) is 6.10. The Hall–Kier alpha value is -1.38. The van der Waals surface area contributed by atoms with Gasteiger partial charge >= 0.3 is 0 Å². The van der Waals surface area contributed by atoms with Crippen LogP contribution in [0.15, 0.2) is 22.7 Å². The van der Waals surface area contributed by atoms with Gasteiger partial charge < -0.3 is 10.6 Å². The van der Waals surface area contributed by atoms with Crippen molar-refractivity contribution in [3.8, 4) is 6.07 Å². The number of nitrogens with zero attached hydrogens (tertiary/aromatic N) is 1. The molecule has 1 aromatic rings. The average molecular weight is 296 g/mol. The topological polar surface area (TPSA) is 64.9 Å². The van der Waals surface area contributed by atoms with Gasteiger partial charge in [0.25, 0.3) is 0 Å². The van der Waals surface area contributed by atoms with Crippen molar-refractivity contribution in [2.75, 3.05) is 18.9 Å². The first-order valence-electron chi connectivity index (χ1n) is 5.31. The van der Waals surface area contributed by atoms with Crippen LogP contribution in [-0.4, -0.2) is 19.5 Å². The Labute approximate surface area is 109 Å². The molecular weight excluding hydrogens is 282 g/mol. The normalized spacial score (nSPS) is 9.71. The van der Waals surface area contributed by atoms with Gasteiger partial charge in [-0.1, -0.05) is 15.9 Å². The smallest absolute Gasteiger partial charge is 0.224 e. The van der Waals surface area contributed by atoms with E-state index in [2.05, 4.69) is 32.6 Å². The number of halogens is 1. The number of carbonyl (C=O) groups is 1. The van der Waals surface area contributed by atoms with E-state index in [1.165, 1.54) is 0 Å². The van der Waals surface area contributed by atoms with E-state index in [0.717, 1.165) is 17.4 Å². The van der Waals surface area contributed by atoms with Crippen LogP contribution in [-0.2, 0) is 4.79 Å². The third kappa shape index (κ3) is 4.55. The summed E-state index contributed by atoms with van der Waals surface area (Å²) in [7, 11) is 1.85. The number of hydrogen-bond donors (Lipinski definition) is 2. The molecule has 0 heterocycles. The van der Waals surface area contributed by atoms with Crippen molar-refractivity contribution in [2.24, 2.45) is 0 Å². The fourth-order valence-corrected chi connectivity index (χ4v) is 1.72. The number of amides is 1. The minimum absolute atomic E-state index is 0.0703. The first-order chi connectivity index (χ1) is 8.17. The van der Waals surface area contributed by atoms with E-state index in [1.54, 1.807) is 18.2 Å². The van der Waals surface area contributed by atoms with Crippen LogP contribution >= 0.6 is 15.9 Å². The summed E-state index contributed by atoms with van der Waals surface area (Å²) < 4.78 is 0.822. The Kier molecular flexibility index (Phi) is 5.67. The highest BCUT2D eigenvalue weighted by molar-refractivity contribution is 9.10. The maximum atomic E-state index is 11.6. The van der Waals surface area contributed by atoms with Gasteiger partial charge in [0.2, 0.25) is 5.91 Å². The summed E-state index contributed by atoms with van der Waals surface area (Å²) in [5.74, 6) is -0.0703. The van der Waals surface area contributed by atoms with E-state index in [4.69, 9.17) is 5.26 Å². The second-order valence-electron chi connectivity index (χ2n) is 3.56. The highest BCUT2D eigenvalue weighted by atomic mass is 79.9. The molecule has 1 amide bonds. The lowest BCUT2D eigenvalue weighted by molar-refractivity contribution is -0.116. The lowest BCUT2D eigenvalue weighted by atomic mass is 10.2. The van der Waals surface area contributed by atoms with Gasteiger partial charge in [-0.2, -0.15) is 5.26 Å². The molecule has 0 radical (unpaired) electrons. The van der Waals surface area contributed by atoms with Crippen molar-refractivity contribution < 1.29 is 4.79 Å². The van der Waals surface area contributed by atoms with Crippen LogP contribution in [0.2, 0.25) is 0 Å². The molecule has 2 N–H and O–H groups in total. The summed E-state index contributed by atoms with van der Waals surface area (Å²) >= 11 is 3.28. The van der Waals surface area contributed by atoms with Gasteiger partial charge in [-0.3, -0.25) is 4.79 Å². The lowest BCUT2D eigenvalue weighted by Gasteiger charge is -2.07. The largest absolute Gasteiger partial charge is 0.325 e. The van der Waals surface area contributed by atoms with Crippen molar-refractivity contribution in [3.05, 3.63) is 28.2 Å². The zero-order valence-electron chi connectivity index (χ0n) is 9.59. The zero-order chi connectivity index (χ0) is 12.7.